The zero-order chi connectivity index (χ0) is 16.1. The second-order valence-electron chi connectivity index (χ2n) is 4.78. The summed E-state index contributed by atoms with van der Waals surface area (Å²) in [4.78, 5) is 23.4. The number of Topliss-reactive ketones (excluding diaryl/α,β-unsaturated/α-hetero) is 1. The number of rotatable bonds is 6. The van der Waals surface area contributed by atoms with E-state index in [1.54, 1.807) is 30.6 Å². The summed E-state index contributed by atoms with van der Waals surface area (Å²) in [7, 11) is 0. The average Bonchev–Trinajstić information content (AvgIpc) is 2.93. The number of nitrogens with one attached hydrogen (secondary N) is 1. The van der Waals surface area contributed by atoms with Crippen LogP contribution in [0, 0.1) is 0 Å². The van der Waals surface area contributed by atoms with Gasteiger partial charge in [0, 0.05) is 24.7 Å². The molecule has 0 radical (unpaired) electrons. The Morgan fingerprint density at radius 3 is 2.59 bits per heavy atom. The molecule has 116 valence electrons. The molecular weight excluding hydrogens is 300 g/mol. The maximum atomic E-state index is 12.4. The first-order chi connectivity index (χ1) is 10.5. The third-order valence-electron chi connectivity index (χ3n) is 3.06. The van der Waals surface area contributed by atoms with Gasteiger partial charge in [-0.15, -0.1) is 10.2 Å². The van der Waals surface area contributed by atoms with Crippen LogP contribution in [0.5, 0.6) is 0 Å². The van der Waals surface area contributed by atoms with E-state index in [4.69, 9.17) is 0 Å². The average molecular weight is 318 g/mol. The summed E-state index contributed by atoms with van der Waals surface area (Å²) in [5.41, 5.74) is 1.28. The number of hydrogen-bond donors (Lipinski definition) is 1. The van der Waals surface area contributed by atoms with E-state index in [2.05, 4.69) is 15.5 Å². The van der Waals surface area contributed by atoms with Gasteiger partial charge < -0.3 is 9.88 Å². The SMILES string of the molecule is CCn1cnnc1S[C@@H](C)C(=O)c1ccc(NC(C)=O)cc1. The van der Waals surface area contributed by atoms with E-state index in [9.17, 15) is 9.59 Å². The Bertz CT molecular complexity index is 666. The normalized spacial score (nSPS) is 12.0. The molecule has 0 fully saturated rings. The van der Waals surface area contributed by atoms with Crippen LogP contribution in [0.4, 0.5) is 5.69 Å². The fourth-order valence-electron chi connectivity index (χ4n) is 1.92. The van der Waals surface area contributed by atoms with Gasteiger partial charge in [-0.1, -0.05) is 11.8 Å². The van der Waals surface area contributed by atoms with Gasteiger partial charge in [-0.25, -0.2) is 0 Å². The molecule has 0 aliphatic rings. The zero-order valence-corrected chi connectivity index (χ0v) is 13.6. The summed E-state index contributed by atoms with van der Waals surface area (Å²) in [5.74, 6) is -0.119. The molecule has 0 saturated heterocycles. The van der Waals surface area contributed by atoms with Crippen molar-refractivity contribution in [3.63, 3.8) is 0 Å². The van der Waals surface area contributed by atoms with E-state index in [1.807, 2.05) is 18.4 Å². The number of benzene rings is 1. The molecule has 1 aromatic carbocycles. The summed E-state index contributed by atoms with van der Waals surface area (Å²) >= 11 is 1.39. The summed E-state index contributed by atoms with van der Waals surface area (Å²) < 4.78 is 1.90. The summed E-state index contributed by atoms with van der Waals surface area (Å²) in [6.07, 6.45) is 1.65. The Kier molecular flexibility index (Phi) is 5.32. The topological polar surface area (TPSA) is 76.9 Å². The number of ketones is 1. The van der Waals surface area contributed by atoms with Gasteiger partial charge in [0.25, 0.3) is 0 Å². The maximum absolute atomic E-state index is 12.4. The van der Waals surface area contributed by atoms with Gasteiger partial charge in [-0.2, -0.15) is 0 Å². The number of thioether (sulfide) groups is 1. The molecule has 1 atom stereocenters. The Hall–Kier alpha value is -2.15. The lowest BCUT2D eigenvalue weighted by atomic mass is 10.1. The molecule has 7 heteroatoms. The van der Waals surface area contributed by atoms with Crippen molar-refractivity contribution in [1.82, 2.24) is 14.8 Å². The van der Waals surface area contributed by atoms with Crippen LogP contribution in [-0.2, 0) is 11.3 Å². The van der Waals surface area contributed by atoms with E-state index >= 15 is 0 Å². The molecule has 0 aliphatic heterocycles. The number of hydrogen-bond acceptors (Lipinski definition) is 5. The fourth-order valence-corrected chi connectivity index (χ4v) is 2.89. The quantitative estimate of drug-likeness (QED) is 0.654. The molecule has 0 spiro atoms. The molecular formula is C15H18N4O2S. The predicted molar refractivity (Wildman–Crippen MR) is 86.1 cm³/mol. The van der Waals surface area contributed by atoms with Crippen molar-refractivity contribution in [1.29, 1.82) is 0 Å². The van der Waals surface area contributed by atoms with Crippen LogP contribution < -0.4 is 5.32 Å². The molecule has 2 aromatic rings. The van der Waals surface area contributed by atoms with Crippen LogP contribution in [0.15, 0.2) is 35.7 Å². The predicted octanol–water partition coefficient (Wildman–Crippen LogP) is 2.62. The summed E-state index contributed by atoms with van der Waals surface area (Å²) in [6.45, 7) is 6.06. The number of nitrogens with zero attached hydrogens (tertiary/aromatic N) is 3. The Balaban J connectivity index is 2.05. The first kappa shape index (κ1) is 16.2. The Morgan fingerprint density at radius 1 is 1.32 bits per heavy atom. The first-order valence-electron chi connectivity index (χ1n) is 6.97. The maximum Gasteiger partial charge on any atom is 0.221 e. The van der Waals surface area contributed by atoms with Crippen LogP contribution in [-0.4, -0.2) is 31.7 Å². The first-order valence-corrected chi connectivity index (χ1v) is 7.85. The Morgan fingerprint density at radius 2 is 2.00 bits per heavy atom. The number of amides is 1. The van der Waals surface area contributed by atoms with Crippen molar-refractivity contribution in [3.8, 4) is 0 Å². The lowest BCUT2D eigenvalue weighted by Crippen LogP contribution is -2.15. The standard InChI is InChI=1S/C15H18N4O2S/c1-4-19-9-16-18-15(19)22-10(2)14(21)12-5-7-13(8-6-12)17-11(3)20/h5-10H,4H2,1-3H3,(H,17,20)/t10-/m0/s1. The number of aromatic nitrogens is 3. The van der Waals surface area contributed by atoms with Gasteiger partial charge in [0.15, 0.2) is 10.9 Å². The van der Waals surface area contributed by atoms with Crippen molar-refractivity contribution in [2.24, 2.45) is 0 Å². The summed E-state index contributed by atoms with van der Waals surface area (Å²) in [6, 6.07) is 6.88. The molecule has 22 heavy (non-hydrogen) atoms. The molecule has 1 aromatic heterocycles. The number of carbonyl (C=O) groups is 2. The van der Waals surface area contributed by atoms with Crippen LogP contribution in [0.25, 0.3) is 0 Å². The van der Waals surface area contributed by atoms with Crippen LogP contribution in [0.2, 0.25) is 0 Å². The van der Waals surface area contributed by atoms with E-state index in [0.29, 0.717) is 11.3 Å². The van der Waals surface area contributed by atoms with Crippen molar-refractivity contribution >= 4 is 29.1 Å². The van der Waals surface area contributed by atoms with Crippen molar-refractivity contribution in [2.45, 2.75) is 37.7 Å². The summed E-state index contributed by atoms with van der Waals surface area (Å²) in [5, 5.41) is 11.0. The largest absolute Gasteiger partial charge is 0.326 e. The minimum absolute atomic E-state index is 0.0185. The van der Waals surface area contributed by atoms with Gasteiger partial charge in [0.05, 0.1) is 5.25 Å². The van der Waals surface area contributed by atoms with Gasteiger partial charge in [0.1, 0.15) is 6.33 Å². The monoisotopic (exact) mass is 318 g/mol. The molecule has 1 amide bonds. The minimum atomic E-state index is -0.263. The molecule has 0 unspecified atom stereocenters. The highest BCUT2D eigenvalue weighted by Crippen LogP contribution is 2.24. The molecule has 6 nitrogen and oxygen atoms in total. The van der Waals surface area contributed by atoms with Gasteiger partial charge in [-0.05, 0) is 38.1 Å². The lowest BCUT2D eigenvalue weighted by Gasteiger charge is -2.11. The van der Waals surface area contributed by atoms with Crippen molar-refractivity contribution in [2.75, 3.05) is 5.32 Å². The molecule has 2 rings (SSSR count). The third kappa shape index (κ3) is 3.94. The molecule has 1 N–H and O–H groups in total. The number of aryl methyl sites for hydroxylation is 1. The van der Waals surface area contributed by atoms with E-state index in [0.717, 1.165) is 11.7 Å². The third-order valence-corrected chi connectivity index (χ3v) is 4.16. The van der Waals surface area contributed by atoms with Crippen LogP contribution in [0.3, 0.4) is 0 Å². The van der Waals surface area contributed by atoms with E-state index in [-0.39, 0.29) is 16.9 Å². The second kappa shape index (κ2) is 7.22. The molecule has 0 bridgehead atoms. The highest BCUT2D eigenvalue weighted by Gasteiger charge is 2.19. The zero-order valence-electron chi connectivity index (χ0n) is 12.7. The van der Waals surface area contributed by atoms with Crippen LogP contribution in [0.1, 0.15) is 31.1 Å². The van der Waals surface area contributed by atoms with Gasteiger partial charge in [-0.3, -0.25) is 9.59 Å². The molecule has 1 heterocycles. The van der Waals surface area contributed by atoms with Gasteiger partial charge >= 0.3 is 0 Å². The minimum Gasteiger partial charge on any atom is -0.326 e. The number of anilines is 1. The lowest BCUT2D eigenvalue weighted by molar-refractivity contribution is -0.114. The highest BCUT2D eigenvalue weighted by atomic mass is 32.2. The Labute approximate surface area is 133 Å². The van der Waals surface area contributed by atoms with Gasteiger partial charge in [0.2, 0.25) is 5.91 Å². The second-order valence-corrected chi connectivity index (χ2v) is 6.09. The fraction of sp³-hybridized carbons (Fsp3) is 0.333. The smallest absolute Gasteiger partial charge is 0.221 e. The van der Waals surface area contributed by atoms with Crippen LogP contribution >= 0.6 is 11.8 Å². The van der Waals surface area contributed by atoms with E-state index < -0.39 is 0 Å². The van der Waals surface area contributed by atoms with Crippen molar-refractivity contribution in [3.05, 3.63) is 36.2 Å². The van der Waals surface area contributed by atoms with Crippen molar-refractivity contribution < 1.29 is 9.59 Å². The number of carbonyl (C=O) groups excluding carboxylic acids is 2. The molecule has 0 saturated carbocycles. The molecule has 0 aliphatic carbocycles. The highest BCUT2D eigenvalue weighted by molar-refractivity contribution is 8.00. The van der Waals surface area contributed by atoms with E-state index in [1.165, 1.54) is 18.7 Å².